The van der Waals surface area contributed by atoms with Gasteiger partial charge < -0.3 is 10.3 Å². The molecule has 2 aromatic rings. The van der Waals surface area contributed by atoms with Gasteiger partial charge in [-0.1, -0.05) is 38.1 Å². The summed E-state index contributed by atoms with van der Waals surface area (Å²) in [5.74, 6) is -1.52. The summed E-state index contributed by atoms with van der Waals surface area (Å²) < 4.78 is 0. The fourth-order valence-corrected chi connectivity index (χ4v) is 3.86. The van der Waals surface area contributed by atoms with Gasteiger partial charge in [-0.2, -0.15) is 0 Å². The van der Waals surface area contributed by atoms with Gasteiger partial charge in [-0.15, -0.1) is 0 Å². The Morgan fingerprint density at radius 2 is 1.90 bits per heavy atom. The van der Waals surface area contributed by atoms with Gasteiger partial charge in [0.05, 0.1) is 11.3 Å². The molecule has 1 unspecified atom stereocenters. The fourth-order valence-electron chi connectivity index (χ4n) is 3.86. The molecule has 4 rings (SSSR count). The van der Waals surface area contributed by atoms with Crippen LogP contribution in [-0.4, -0.2) is 28.3 Å². The lowest BCUT2D eigenvalue weighted by Crippen LogP contribution is -2.34. The van der Waals surface area contributed by atoms with Crippen LogP contribution in [0.15, 0.2) is 64.8 Å². The number of carbonyl (C=O) groups excluding carboxylic acids is 3. The number of nitrogens with zero attached hydrogens (tertiary/aromatic N) is 1. The van der Waals surface area contributed by atoms with Crippen LogP contribution in [-0.2, 0) is 9.59 Å². The van der Waals surface area contributed by atoms with E-state index in [1.54, 1.807) is 31.2 Å². The molecular formula is C23H21N3O3. The number of carbonyl (C=O) groups is 3. The minimum atomic E-state index is -0.838. The first-order chi connectivity index (χ1) is 13.8. The predicted octanol–water partition coefficient (Wildman–Crippen LogP) is 3.41. The third-order valence-corrected chi connectivity index (χ3v) is 5.23. The molecule has 0 saturated carbocycles. The summed E-state index contributed by atoms with van der Waals surface area (Å²) in [7, 11) is 0. The molecule has 0 saturated heterocycles. The van der Waals surface area contributed by atoms with Crippen molar-refractivity contribution in [2.24, 2.45) is 16.8 Å². The van der Waals surface area contributed by atoms with Crippen molar-refractivity contribution in [2.45, 2.75) is 20.8 Å². The van der Waals surface area contributed by atoms with E-state index in [4.69, 9.17) is 0 Å². The molecule has 0 bridgehead atoms. The lowest BCUT2D eigenvalue weighted by molar-refractivity contribution is -0.116. The summed E-state index contributed by atoms with van der Waals surface area (Å²) >= 11 is 0. The van der Waals surface area contributed by atoms with Crippen molar-refractivity contribution >= 4 is 34.2 Å². The molecule has 1 aromatic heterocycles. The summed E-state index contributed by atoms with van der Waals surface area (Å²) in [6.45, 7) is 5.83. The summed E-state index contributed by atoms with van der Waals surface area (Å²) in [5, 5.41) is 3.51. The smallest absolute Gasteiger partial charge is 0.318 e. The monoisotopic (exact) mass is 387 g/mol. The number of aromatic amines is 1. The van der Waals surface area contributed by atoms with Crippen LogP contribution in [0, 0.1) is 18.8 Å². The fraction of sp³-hybridized carbons (Fsp3) is 0.217. The van der Waals surface area contributed by atoms with Gasteiger partial charge >= 0.3 is 5.91 Å². The molecule has 146 valence electrons. The van der Waals surface area contributed by atoms with Gasteiger partial charge in [0.2, 0.25) is 5.91 Å². The number of ketones is 1. The molecule has 29 heavy (non-hydrogen) atoms. The van der Waals surface area contributed by atoms with Gasteiger partial charge in [-0.3, -0.25) is 14.4 Å². The Balaban J connectivity index is 1.64. The van der Waals surface area contributed by atoms with Gasteiger partial charge in [-0.25, -0.2) is 4.99 Å². The molecule has 0 spiro atoms. The van der Waals surface area contributed by atoms with Crippen LogP contribution in [0.1, 0.15) is 29.9 Å². The molecule has 2 amide bonds. The van der Waals surface area contributed by atoms with Crippen LogP contribution in [0.3, 0.4) is 0 Å². The van der Waals surface area contributed by atoms with E-state index in [0.717, 1.165) is 11.1 Å². The molecule has 1 aromatic carbocycles. The Kier molecular flexibility index (Phi) is 4.62. The van der Waals surface area contributed by atoms with Crippen LogP contribution in [0.2, 0.25) is 0 Å². The molecule has 1 aliphatic heterocycles. The van der Waals surface area contributed by atoms with Crippen LogP contribution in [0.4, 0.5) is 0 Å². The Hall–Kier alpha value is -3.54. The van der Waals surface area contributed by atoms with Crippen LogP contribution >= 0.6 is 0 Å². The lowest BCUT2D eigenvalue weighted by Gasteiger charge is -2.29. The number of amides is 2. The number of H-pyrrole nitrogens is 1. The van der Waals surface area contributed by atoms with Crippen molar-refractivity contribution in [3.8, 4) is 0 Å². The molecule has 6 nitrogen and oxygen atoms in total. The van der Waals surface area contributed by atoms with Crippen molar-refractivity contribution in [1.82, 2.24) is 10.3 Å². The largest absolute Gasteiger partial charge is 0.358 e. The summed E-state index contributed by atoms with van der Waals surface area (Å²) in [4.78, 5) is 44.5. The van der Waals surface area contributed by atoms with E-state index in [0.29, 0.717) is 28.1 Å². The second-order valence-electron chi connectivity index (χ2n) is 7.57. The second kappa shape index (κ2) is 7.13. The highest BCUT2D eigenvalue weighted by molar-refractivity contribution is 6.47. The Morgan fingerprint density at radius 3 is 2.66 bits per heavy atom. The van der Waals surface area contributed by atoms with Crippen molar-refractivity contribution < 1.29 is 14.4 Å². The van der Waals surface area contributed by atoms with Crippen molar-refractivity contribution in [2.75, 3.05) is 0 Å². The van der Waals surface area contributed by atoms with Gasteiger partial charge in [0.15, 0.2) is 0 Å². The van der Waals surface area contributed by atoms with Gasteiger partial charge in [-0.05, 0) is 36.6 Å². The van der Waals surface area contributed by atoms with Gasteiger partial charge in [0.25, 0.3) is 5.78 Å². The maximum absolute atomic E-state index is 12.8. The van der Waals surface area contributed by atoms with E-state index < -0.39 is 11.7 Å². The number of allylic oxidation sites excluding steroid dienone is 3. The third kappa shape index (κ3) is 3.38. The third-order valence-electron chi connectivity index (χ3n) is 5.23. The number of nitrogens with one attached hydrogen (secondary N) is 2. The number of Topliss-reactive ketones (excluding diaryl/α,β-unsaturated/α-hetero) is 1. The van der Waals surface area contributed by atoms with Gasteiger partial charge in [0, 0.05) is 34.3 Å². The minimum absolute atomic E-state index is 0.0479. The summed E-state index contributed by atoms with van der Waals surface area (Å²) in [6.07, 6.45) is 6.89. The normalized spacial score (nSPS) is 19.8. The first-order valence-corrected chi connectivity index (χ1v) is 9.52. The average molecular weight is 387 g/mol. The highest BCUT2D eigenvalue weighted by Crippen LogP contribution is 2.31. The maximum atomic E-state index is 12.8. The van der Waals surface area contributed by atoms with E-state index >= 15 is 0 Å². The molecule has 1 aliphatic carbocycles. The maximum Gasteiger partial charge on any atom is 0.318 e. The first-order valence-electron chi connectivity index (χ1n) is 9.52. The molecule has 6 heteroatoms. The zero-order chi connectivity index (χ0) is 20.7. The standard InChI is InChI=1S/C23H21N3O3/c1-12(2)17-11-20(27)26-19-10-14(8-9-15(17)19)25-23(29)22(28)21-13(3)24-18-7-5-4-6-16(18)21/h4-12,15,24H,1-3H3,(H,26,27). The van der Waals surface area contributed by atoms with E-state index in [-0.39, 0.29) is 17.7 Å². The molecule has 1 atom stereocenters. The average Bonchev–Trinajstić information content (AvgIpc) is 3.01. The Morgan fingerprint density at radius 1 is 1.14 bits per heavy atom. The molecule has 0 fully saturated rings. The summed E-state index contributed by atoms with van der Waals surface area (Å²) in [6, 6.07) is 7.34. The topological polar surface area (TPSA) is 91.4 Å². The van der Waals surface area contributed by atoms with Crippen LogP contribution < -0.4 is 5.32 Å². The molecular weight excluding hydrogens is 366 g/mol. The number of para-hydroxylation sites is 1. The predicted molar refractivity (Wildman–Crippen MR) is 112 cm³/mol. The molecule has 0 radical (unpaired) electrons. The van der Waals surface area contributed by atoms with Crippen LogP contribution in [0.25, 0.3) is 10.9 Å². The van der Waals surface area contributed by atoms with E-state index in [2.05, 4.69) is 15.3 Å². The summed E-state index contributed by atoms with van der Waals surface area (Å²) in [5.41, 5.74) is 3.80. The zero-order valence-electron chi connectivity index (χ0n) is 16.4. The molecule has 2 heterocycles. The second-order valence-corrected chi connectivity index (χ2v) is 7.57. The van der Waals surface area contributed by atoms with Crippen molar-refractivity contribution in [3.05, 3.63) is 71.1 Å². The van der Waals surface area contributed by atoms with E-state index in [1.165, 1.54) is 0 Å². The first kappa shape index (κ1) is 18.8. The lowest BCUT2D eigenvalue weighted by atomic mass is 9.82. The molecule has 2 aliphatic rings. The number of aromatic nitrogens is 1. The van der Waals surface area contributed by atoms with Gasteiger partial charge in [0.1, 0.15) is 0 Å². The number of aliphatic imine (C=N–C) groups is 1. The Bertz CT molecular complexity index is 1180. The van der Waals surface area contributed by atoms with Crippen molar-refractivity contribution in [1.29, 1.82) is 0 Å². The number of fused-ring (bicyclic) bond motifs is 2. The zero-order valence-corrected chi connectivity index (χ0v) is 16.4. The van der Waals surface area contributed by atoms with Crippen molar-refractivity contribution in [3.63, 3.8) is 0 Å². The number of rotatable bonds is 3. The highest BCUT2D eigenvalue weighted by atomic mass is 16.2. The number of aryl methyl sites for hydroxylation is 1. The number of hydrogen-bond acceptors (Lipinski definition) is 3. The van der Waals surface area contributed by atoms with E-state index in [9.17, 15) is 14.4 Å². The number of benzene rings is 1. The van der Waals surface area contributed by atoms with E-state index in [1.807, 2.05) is 38.1 Å². The Labute approximate surface area is 168 Å². The van der Waals surface area contributed by atoms with Crippen LogP contribution in [0.5, 0.6) is 0 Å². The quantitative estimate of drug-likeness (QED) is 0.624. The highest BCUT2D eigenvalue weighted by Gasteiger charge is 2.28. The molecule has 2 N–H and O–H groups in total. The number of hydrogen-bond donors (Lipinski definition) is 2. The minimum Gasteiger partial charge on any atom is -0.358 e. The SMILES string of the molecule is Cc1[nH]c2ccccc2c1C(=O)C(=O)N=C1C=CC2C(=C1)NC(=O)C=C2C(C)C.